The summed E-state index contributed by atoms with van der Waals surface area (Å²) in [7, 11) is 0. The minimum atomic E-state index is 0.250. The van der Waals surface area contributed by atoms with Gasteiger partial charge in [-0.15, -0.1) is 5.10 Å². The van der Waals surface area contributed by atoms with Crippen molar-refractivity contribution in [1.82, 2.24) is 25.5 Å². The van der Waals surface area contributed by atoms with Crippen molar-refractivity contribution in [2.45, 2.75) is 52.1 Å². The molecule has 124 valence electrons. The second kappa shape index (κ2) is 7.19. The minimum absolute atomic E-state index is 0.250. The van der Waals surface area contributed by atoms with E-state index in [1.54, 1.807) is 0 Å². The number of rotatable bonds is 5. The predicted octanol–water partition coefficient (Wildman–Crippen LogP) is 1.92. The zero-order valence-corrected chi connectivity index (χ0v) is 13.9. The minimum Gasteiger partial charge on any atom is -0.396 e. The molecule has 1 saturated carbocycles. The van der Waals surface area contributed by atoms with Crippen LogP contribution in [0.15, 0.2) is 18.2 Å². The summed E-state index contributed by atoms with van der Waals surface area (Å²) in [5.41, 5.74) is 3.37. The van der Waals surface area contributed by atoms with Crippen molar-refractivity contribution < 1.29 is 5.11 Å². The van der Waals surface area contributed by atoms with Gasteiger partial charge < -0.3 is 10.4 Å². The topological polar surface area (TPSA) is 75.9 Å². The number of tetrazole rings is 1. The van der Waals surface area contributed by atoms with Crippen LogP contribution in [0.5, 0.6) is 0 Å². The van der Waals surface area contributed by atoms with Crippen molar-refractivity contribution in [2.75, 3.05) is 6.61 Å². The molecule has 2 atom stereocenters. The van der Waals surface area contributed by atoms with Crippen molar-refractivity contribution in [3.63, 3.8) is 0 Å². The number of para-hydroxylation sites is 1. The number of hydrogen-bond acceptors (Lipinski definition) is 5. The first kappa shape index (κ1) is 16.1. The Balaban J connectivity index is 1.76. The van der Waals surface area contributed by atoms with Crippen LogP contribution in [-0.2, 0) is 6.54 Å². The lowest BCUT2D eigenvalue weighted by molar-refractivity contribution is 0.152. The summed E-state index contributed by atoms with van der Waals surface area (Å²) >= 11 is 0. The number of aliphatic hydroxyl groups is 1. The largest absolute Gasteiger partial charge is 0.396 e. The van der Waals surface area contributed by atoms with E-state index in [-0.39, 0.29) is 6.61 Å². The fraction of sp³-hybridized carbons (Fsp3) is 0.588. The third kappa shape index (κ3) is 3.43. The Labute approximate surface area is 136 Å². The average Bonchev–Trinajstić information content (AvgIpc) is 3.01. The Morgan fingerprint density at radius 3 is 2.70 bits per heavy atom. The molecule has 1 fully saturated rings. The second-order valence-electron chi connectivity index (χ2n) is 6.46. The van der Waals surface area contributed by atoms with Crippen LogP contribution >= 0.6 is 0 Å². The van der Waals surface area contributed by atoms with Crippen LogP contribution < -0.4 is 5.32 Å². The summed E-state index contributed by atoms with van der Waals surface area (Å²) in [6.07, 6.45) is 4.63. The van der Waals surface area contributed by atoms with Gasteiger partial charge in [0, 0.05) is 12.6 Å². The molecule has 0 bridgehead atoms. The van der Waals surface area contributed by atoms with Gasteiger partial charge in [0.05, 0.1) is 12.2 Å². The van der Waals surface area contributed by atoms with Crippen LogP contribution in [0.1, 0.15) is 42.6 Å². The summed E-state index contributed by atoms with van der Waals surface area (Å²) in [6, 6.07) is 6.54. The van der Waals surface area contributed by atoms with Gasteiger partial charge in [0.2, 0.25) is 0 Å². The molecule has 6 nitrogen and oxygen atoms in total. The highest BCUT2D eigenvalue weighted by Crippen LogP contribution is 2.24. The molecule has 3 rings (SSSR count). The van der Waals surface area contributed by atoms with E-state index in [4.69, 9.17) is 0 Å². The van der Waals surface area contributed by atoms with E-state index >= 15 is 0 Å². The van der Waals surface area contributed by atoms with Crippen LogP contribution in [0.3, 0.4) is 0 Å². The fourth-order valence-corrected chi connectivity index (χ4v) is 3.55. The third-order valence-electron chi connectivity index (χ3n) is 4.85. The highest BCUT2D eigenvalue weighted by molar-refractivity contribution is 5.46. The molecular formula is C17H25N5O. The van der Waals surface area contributed by atoms with Gasteiger partial charge in [0.25, 0.3) is 0 Å². The van der Waals surface area contributed by atoms with Crippen LogP contribution in [0.25, 0.3) is 5.69 Å². The molecule has 2 aromatic rings. The Morgan fingerprint density at radius 1 is 1.22 bits per heavy atom. The zero-order valence-electron chi connectivity index (χ0n) is 13.9. The van der Waals surface area contributed by atoms with Gasteiger partial charge in [-0.25, -0.2) is 0 Å². The molecule has 0 unspecified atom stereocenters. The third-order valence-corrected chi connectivity index (χ3v) is 4.85. The quantitative estimate of drug-likeness (QED) is 0.881. The van der Waals surface area contributed by atoms with E-state index in [0.717, 1.165) is 35.5 Å². The van der Waals surface area contributed by atoms with Gasteiger partial charge in [-0.2, -0.15) is 4.68 Å². The average molecular weight is 315 g/mol. The lowest BCUT2D eigenvalue weighted by Gasteiger charge is -2.30. The second-order valence-corrected chi connectivity index (χ2v) is 6.46. The molecule has 6 heteroatoms. The van der Waals surface area contributed by atoms with Crippen molar-refractivity contribution in [2.24, 2.45) is 5.92 Å². The first-order valence-corrected chi connectivity index (χ1v) is 8.38. The van der Waals surface area contributed by atoms with Crippen LogP contribution in [0, 0.1) is 19.8 Å². The Morgan fingerprint density at radius 2 is 1.96 bits per heavy atom. The standard InChI is InChI=1S/C17H25N5O/c1-12-6-5-7-13(2)17(12)22-16(19-20-21-22)10-18-15-9-4-3-8-14(15)11-23/h5-7,14-15,18,23H,3-4,8-11H2,1-2H3/t14-,15-/m0/s1. The number of nitrogens with one attached hydrogen (secondary N) is 1. The van der Waals surface area contributed by atoms with Crippen LogP contribution in [-0.4, -0.2) is 38.0 Å². The van der Waals surface area contributed by atoms with Crippen molar-refractivity contribution >= 4 is 0 Å². The maximum absolute atomic E-state index is 9.54. The number of hydrogen-bond donors (Lipinski definition) is 2. The van der Waals surface area contributed by atoms with Crippen molar-refractivity contribution in [1.29, 1.82) is 0 Å². The van der Waals surface area contributed by atoms with E-state index in [9.17, 15) is 5.11 Å². The van der Waals surface area contributed by atoms with E-state index < -0.39 is 0 Å². The lowest BCUT2D eigenvalue weighted by atomic mass is 9.85. The highest BCUT2D eigenvalue weighted by atomic mass is 16.3. The maximum atomic E-state index is 9.54. The van der Waals surface area contributed by atoms with Crippen LogP contribution in [0.4, 0.5) is 0 Å². The lowest BCUT2D eigenvalue weighted by Crippen LogP contribution is -2.40. The SMILES string of the molecule is Cc1cccc(C)c1-n1nnnc1CN[C@H]1CCCC[C@H]1CO. The molecule has 0 radical (unpaired) electrons. The molecule has 23 heavy (non-hydrogen) atoms. The molecule has 0 spiro atoms. The number of aryl methyl sites for hydroxylation is 2. The maximum Gasteiger partial charge on any atom is 0.170 e. The van der Waals surface area contributed by atoms with E-state index in [1.807, 2.05) is 10.7 Å². The molecule has 1 heterocycles. The van der Waals surface area contributed by atoms with E-state index in [0.29, 0.717) is 18.5 Å². The Hall–Kier alpha value is -1.79. The summed E-state index contributed by atoms with van der Waals surface area (Å²) in [6.45, 7) is 5.01. The molecule has 0 saturated heterocycles. The summed E-state index contributed by atoms with van der Waals surface area (Å²) in [5.74, 6) is 1.15. The smallest absolute Gasteiger partial charge is 0.170 e. The van der Waals surface area contributed by atoms with E-state index in [2.05, 4.69) is 46.8 Å². The molecule has 1 aliphatic rings. The molecule has 0 amide bonds. The van der Waals surface area contributed by atoms with Crippen LogP contribution in [0.2, 0.25) is 0 Å². The highest BCUT2D eigenvalue weighted by Gasteiger charge is 2.24. The Kier molecular flexibility index (Phi) is 5.03. The summed E-state index contributed by atoms with van der Waals surface area (Å²) < 4.78 is 1.83. The van der Waals surface area contributed by atoms with E-state index in [1.165, 1.54) is 12.8 Å². The first-order chi connectivity index (χ1) is 11.2. The fourth-order valence-electron chi connectivity index (χ4n) is 3.55. The number of benzene rings is 1. The van der Waals surface area contributed by atoms with Gasteiger partial charge in [-0.1, -0.05) is 31.0 Å². The van der Waals surface area contributed by atoms with Crippen molar-refractivity contribution in [3.05, 3.63) is 35.2 Å². The normalized spacial score (nSPS) is 21.5. The van der Waals surface area contributed by atoms with Gasteiger partial charge >= 0.3 is 0 Å². The van der Waals surface area contributed by atoms with Gasteiger partial charge in [-0.05, 0) is 54.2 Å². The van der Waals surface area contributed by atoms with Gasteiger partial charge in [0.15, 0.2) is 5.82 Å². The number of aromatic nitrogens is 4. The number of aliphatic hydroxyl groups excluding tert-OH is 1. The molecule has 1 aromatic carbocycles. The molecular weight excluding hydrogens is 290 g/mol. The number of nitrogens with zero attached hydrogens (tertiary/aromatic N) is 4. The Bertz CT molecular complexity index is 634. The van der Waals surface area contributed by atoms with Gasteiger partial charge in [-0.3, -0.25) is 0 Å². The summed E-state index contributed by atoms with van der Waals surface area (Å²) in [5, 5.41) is 25.3. The monoisotopic (exact) mass is 315 g/mol. The zero-order chi connectivity index (χ0) is 16.2. The van der Waals surface area contributed by atoms with Gasteiger partial charge in [0.1, 0.15) is 0 Å². The molecule has 0 aliphatic heterocycles. The van der Waals surface area contributed by atoms with Crippen molar-refractivity contribution in [3.8, 4) is 5.69 Å². The molecule has 1 aliphatic carbocycles. The predicted molar refractivity (Wildman–Crippen MR) is 88.3 cm³/mol. The summed E-state index contributed by atoms with van der Waals surface area (Å²) in [4.78, 5) is 0. The first-order valence-electron chi connectivity index (χ1n) is 8.38. The molecule has 2 N–H and O–H groups in total. The molecule has 1 aromatic heterocycles.